The van der Waals surface area contributed by atoms with E-state index in [4.69, 9.17) is 11.6 Å². The van der Waals surface area contributed by atoms with Gasteiger partial charge in [0, 0.05) is 4.88 Å². The number of rotatable bonds is 5. The molecular weight excluding hydrogens is 280 g/mol. The molecule has 1 aliphatic rings. The van der Waals surface area contributed by atoms with E-state index >= 15 is 0 Å². The van der Waals surface area contributed by atoms with Gasteiger partial charge in [-0.25, -0.2) is 0 Å². The van der Waals surface area contributed by atoms with Gasteiger partial charge in [-0.05, 0) is 49.7 Å². The van der Waals surface area contributed by atoms with Crippen molar-refractivity contribution >= 4 is 28.9 Å². The molecule has 1 fully saturated rings. The molecule has 0 aromatic carbocycles. The number of halogens is 1. The summed E-state index contributed by atoms with van der Waals surface area (Å²) in [5, 5.41) is 9.39. The van der Waals surface area contributed by atoms with Crippen LogP contribution in [0.25, 0.3) is 0 Å². The summed E-state index contributed by atoms with van der Waals surface area (Å²) in [7, 11) is 0. The maximum absolute atomic E-state index is 11.4. The molecule has 0 amide bonds. The van der Waals surface area contributed by atoms with Crippen molar-refractivity contribution in [3.05, 3.63) is 21.3 Å². The fourth-order valence-corrected chi connectivity index (χ4v) is 4.48. The molecule has 1 aromatic heterocycles. The third kappa shape index (κ3) is 3.96. The molecule has 3 atom stereocenters. The number of carboxylic acids is 1. The molecule has 0 bridgehead atoms. The van der Waals surface area contributed by atoms with Gasteiger partial charge < -0.3 is 5.11 Å². The minimum absolute atomic E-state index is 0.172. The predicted octanol–water partition coefficient (Wildman–Crippen LogP) is 4.86. The molecule has 1 heterocycles. The Morgan fingerprint density at radius 1 is 1.47 bits per heavy atom. The Morgan fingerprint density at radius 2 is 2.26 bits per heavy atom. The van der Waals surface area contributed by atoms with Crippen LogP contribution in [0.1, 0.15) is 43.9 Å². The van der Waals surface area contributed by atoms with Crippen molar-refractivity contribution < 1.29 is 9.90 Å². The van der Waals surface area contributed by atoms with Gasteiger partial charge in [0.15, 0.2) is 0 Å². The van der Waals surface area contributed by atoms with Gasteiger partial charge in [-0.1, -0.05) is 31.4 Å². The van der Waals surface area contributed by atoms with Crippen molar-refractivity contribution in [3.63, 3.8) is 0 Å². The van der Waals surface area contributed by atoms with Crippen LogP contribution in [0.15, 0.2) is 12.1 Å². The lowest BCUT2D eigenvalue weighted by atomic mass is 9.71. The Labute approximate surface area is 123 Å². The Bertz CT molecular complexity index is 430. The molecule has 0 radical (unpaired) electrons. The highest BCUT2D eigenvalue weighted by Gasteiger charge is 2.34. The van der Waals surface area contributed by atoms with Crippen molar-refractivity contribution in [3.8, 4) is 0 Å². The van der Waals surface area contributed by atoms with E-state index in [2.05, 4.69) is 6.92 Å². The standard InChI is InChI=1S/C15H21ClO2S/c1-2-3-10-4-6-13(15(17)18)11(8-10)9-12-5-7-14(16)19-12/h5,7,10-11,13H,2-4,6,8-9H2,1H3,(H,17,18). The molecule has 2 rings (SSSR count). The van der Waals surface area contributed by atoms with Crippen LogP contribution >= 0.6 is 22.9 Å². The SMILES string of the molecule is CCCC1CCC(C(=O)O)C(Cc2ccc(Cl)s2)C1. The zero-order chi connectivity index (χ0) is 13.8. The summed E-state index contributed by atoms with van der Waals surface area (Å²) in [6.07, 6.45) is 6.26. The molecule has 0 saturated heterocycles. The van der Waals surface area contributed by atoms with E-state index in [-0.39, 0.29) is 11.8 Å². The maximum atomic E-state index is 11.4. The van der Waals surface area contributed by atoms with Crippen molar-refractivity contribution in [1.82, 2.24) is 0 Å². The molecule has 3 unspecified atom stereocenters. The van der Waals surface area contributed by atoms with Gasteiger partial charge in [0.1, 0.15) is 0 Å². The minimum Gasteiger partial charge on any atom is -0.481 e. The molecule has 0 aliphatic heterocycles. The molecule has 19 heavy (non-hydrogen) atoms. The van der Waals surface area contributed by atoms with Gasteiger partial charge >= 0.3 is 5.97 Å². The van der Waals surface area contributed by atoms with Gasteiger partial charge in [-0.2, -0.15) is 0 Å². The highest BCUT2D eigenvalue weighted by Crippen LogP contribution is 2.39. The Morgan fingerprint density at radius 3 is 2.84 bits per heavy atom. The summed E-state index contributed by atoms with van der Waals surface area (Å²) in [6.45, 7) is 2.21. The zero-order valence-corrected chi connectivity index (χ0v) is 12.8. The van der Waals surface area contributed by atoms with Crippen molar-refractivity contribution in [2.45, 2.75) is 45.4 Å². The molecule has 0 spiro atoms. The molecule has 106 valence electrons. The monoisotopic (exact) mass is 300 g/mol. The second-order valence-corrected chi connectivity index (χ2v) is 7.38. The van der Waals surface area contributed by atoms with E-state index in [0.29, 0.717) is 5.92 Å². The van der Waals surface area contributed by atoms with Crippen LogP contribution in [-0.4, -0.2) is 11.1 Å². The number of hydrogen-bond acceptors (Lipinski definition) is 2. The normalized spacial score (nSPS) is 27.4. The number of hydrogen-bond donors (Lipinski definition) is 1. The van der Waals surface area contributed by atoms with Crippen LogP contribution in [0.5, 0.6) is 0 Å². The first-order chi connectivity index (χ1) is 9.10. The predicted molar refractivity (Wildman–Crippen MR) is 79.9 cm³/mol. The second-order valence-electron chi connectivity index (χ2n) is 5.58. The lowest BCUT2D eigenvalue weighted by Crippen LogP contribution is -2.31. The maximum Gasteiger partial charge on any atom is 0.306 e. The Hall–Kier alpha value is -0.540. The van der Waals surface area contributed by atoms with Crippen LogP contribution in [-0.2, 0) is 11.2 Å². The van der Waals surface area contributed by atoms with Crippen molar-refractivity contribution in [1.29, 1.82) is 0 Å². The van der Waals surface area contributed by atoms with E-state index in [1.807, 2.05) is 12.1 Å². The highest BCUT2D eigenvalue weighted by atomic mass is 35.5. The number of thiophene rings is 1. The molecule has 1 N–H and O–H groups in total. The van der Waals surface area contributed by atoms with Gasteiger partial charge in [-0.15, -0.1) is 11.3 Å². The average Bonchev–Trinajstić information content (AvgIpc) is 2.75. The quantitative estimate of drug-likeness (QED) is 0.843. The van der Waals surface area contributed by atoms with Crippen LogP contribution in [0, 0.1) is 17.8 Å². The molecule has 4 heteroatoms. The van der Waals surface area contributed by atoms with E-state index in [1.54, 1.807) is 11.3 Å². The third-order valence-electron chi connectivity index (χ3n) is 4.20. The van der Waals surface area contributed by atoms with Crippen molar-refractivity contribution in [2.24, 2.45) is 17.8 Å². The molecular formula is C15H21ClO2S. The van der Waals surface area contributed by atoms with Crippen LogP contribution in [0.3, 0.4) is 0 Å². The first-order valence-electron chi connectivity index (χ1n) is 7.07. The number of carboxylic acid groups (broad SMARTS) is 1. The van der Waals surface area contributed by atoms with Crippen LogP contribution in [0.4, 0.5) is 0 Å². The van der Waals surface area contributed by atoms with E-state index in [9.17, 15) is 9.90 Å². The topological polar surface area (TPSA) is 37.3 Å². The Kier molecular flexibility index (Phi) is 5.28. The van der Waals surface area contributed by atoms with Crippen LogP contribution in [0.2, 0.25) is 4.34 Å². The van der Waals surface area contributed by atoms with Gasteiger partial charge in [-0.3, -0.25) is 4.79 Å². The third-order valence-corrected chi connectivity index (χ3v) is 5.45. The molecule has 1 saturated carbocycles. The molecule has 1 aliphatic carbocycles. The van der Waals surface area contributed by atoms with Crippen molar-refractivity contribution in [2.75, 3.05) is 0 Å². The average molecular weight is 301 g/mol. The van der Waals surface area contributed by atoms with E-state index in [1.165, 1.54) is 17.7 Å². The largest absolute Gasteiger partial charge is 0.481 e. The summed E-state index contributed by atoms with van der Waals surface area (Å²) in [5.41, 5.74) is 0. The van der Waals surface area contributed by atoms with Gasteiger partial charge in [0.2, 0.25) is 0 Å². The summed E-state index contributed by atoms with van der Waals surface area (Å²) in [6, 6.07) is 3.94. The lowest BCUT2D eigenvalue weighted by molar-refractivity contribution is -0.145. The first kappa shape index (κ1) is 14.9. The lowest BCUT2D eigenvalue weighted by Gasteiger charge is -2.33. The summed E-state index contributed by atoms with van der Waals surface area (Å²) in [4.78, 5) is 12.6. The summed E-state index contributed by atoms with van der Waals surface area (Å²) < 4.78 is 0.794. The minimum atomic E-state index is -0.623. The first-order valence-corrected chi connectivity index (χ1v) is 8.26. The molecule has 1 aromatic rings. The fourth-order valence-electron chi connectivity index (χ4n) is 3.30. The van der Waals surface area contributed by atoms with E-state index < -0.39 is 5.97 Å². The smallest absolute Gasteiger partial charge is 0.306 e. The molecule has 2 nitrogen and oxygen atoms in total. The number of aliphatic carboxylic acids is 1. The summed E-state index contributed by atoms with van der Waals surface area (Å²) >= 11 is 7.54. The zero-order valence-electron chi connectivity index (χ0n) is 11.3. The van der Waals surface area contributed by atoms with E-state index in [0.717, 1.165) is 30.0 Å². The Balaban J connectivity index is 2.04. The fraction of sp³-hybridized carbons (Fsp3) is 0.667. The van der Waals surface area contributed by atoms with Crippen LogP contribution < -0.4 is 0 Å². The second kappa shape index (κ2) is 6.76. The summed E-state index contributed by atoms with van der Waals surface area (Å²) in [5.74, 6) is 0.190. The highest BCUT2D eigenvalue weighted by molar-refractivity contribution is 7.16. The van der Waals surface area contributed by atoms with Gasteiger partial charge in [0.05, 0.1) is 10.3 Å². The van der Waals surface area contributed by atoms with Gasteiger partial charge in [0.25, 0.3) is 0 Å². The number of carbonyl (C=O) groups is 1.